The molecule has 0 spiro atoms. The summed E-state index contributed by atoms with van der Waals surface area (Å²) in [5.41, 5.74) is 4.00. The van der Waals surface area contributed by atoms with E-state index in [9.17, 15) is 0 Å². The van der Waals surface area contributed by atoms with Gasteiger partial charge in [-0.2, -0.15) is 0 Å². The van der Waals surface area contributed by atoms with Gasteiger partial charge in [0, 0.05) is 25.2 Å². The zero-order chi connectivity index (χ0) is 16.4. The van der Waals surface area contributed by atoms with E-state index >= 15 is 0 Å². The minimum Gasteiger partial charge on any atom is -0.304 e. The molecule has 2 aromatic heterocycles. The van der Waals surface area contributed by atoms with Crippen LogP contribution < -0.4 is 0 Å². The number of nitrogens with zero attached hydrogens (tertiary/aromatic N) is 3. The molecule has 1 saturated heterocycles. The van der Waals surface area contributed by atoms with Crippen molar-refractivity contribution in [1.82, 2.24) is 14.3 Å². The molecule has 0 aliphatic carbocycles. The smallest absolute Gasteiger partial charge is 0.110 e. The molecule has 1 fully saturated rings. The number of fused-ring (bicyclic) bond motifs is 1. The molecule has 24 heavy (non-hydrogen) atoms. The first kappa shape index (κ1) is 15.4. The van der Waals surface area contributed by atoms with Crippen LogP contribution in [0.3, 0.4) is 0 Å². The highest BCUT2D eigenvalue weighted by Gasteiger charge is 2.25. The van der Waals surface area contributed by atoms with Gasteiger partial charge < -0.3 is 9.30 Å². The summed E-state index contributed by atoms with van der Waals surface area (Å²) in [6, 6.07) is 17.2. The number of imidazole rings is 1. The van der Waals surface area contributed by atoms with Crippen LogP contribution in [0.4, 0.5) is 0 Å². The maximum atomic E-state index is 4.90. The Morgan fingerprint density at radius 1 is 1.08 bits per heavy atom. The normalized spacial score (nSPS) is 19.0. The number of pyridine rings is 1. The SMILES string of the molecule is Cc1nc([C@@H]2CCCN(CCc3ccccc3)C2)c2ccccn12. The van der Waals surface area contributed by atoms with Crippen molar-refractivity contribution in [3.8, 4) is 0 Å². The second kappa shape index (κ2) is 6.78. The second-order valence-electron chi connectivity index (χ2n) is 6.88. The third-order valence-corrected chi connectivity index (χ3v) is 5.20. The molecule has 0 N–H and O–H groups in total. The number of aryl methyl sites for hydroxylation is 1. The van der Waals surface area contributed by atoms with E-state index < -0.39 is 0 Å². The van der Waals surface area contributed by atoms with E-state index in [0.717, 1.165) is 25.3 Å². The summed E-state index contributed by atoms with van der Waals surface area (Å²) in [6.45, 7) is 5.60. The van der Waals surface area contributed by atoms with E-state index in [-0.39, 0.29) is 0 Å². The van der Waals surface area contributed by atoms with Crippen molar-refractivity contribution >= 4 is 5.52 Å². The van der Waals surface area contributed by atoms with Crippen LogP contribution in [-0.2, 0) is 6.42 Å². The lowest BCUT2D eigenvalue weighted by atomic mass is 9.93. The van der Waals surface area contributed by atoms with Crippen LogP contribution in [0.15, 0.2) is 54.7 Å². The summed E-state index contributed by atoms with van der Waals surface area (Å²) in [5, 5.41) is 0. The van der Waals surface area contributed by atoms with Crippen molar-refractivity contribution in [1.29, 1.82) is 0 Å². The third kappa shape index (κ3) is 3.09. The molecule has 3 aromatic rings. The number of rotatable bonds is 4. The molecule has 1 atom stereocenters. The van der Waals surface area contributed by atoms with Gasteiger partial charge >= 0.3 is 0 Å². The van der Waals surface area contributed by atoms with Crippen molar-refractivity contribution in [2.75, 3.05) is 19.6 Å². The predicted octanol–water partition coefficient (Wildman–Crippen LogP) is 4.06. The summed E-state index contributed by atoms with van der Waals surface area (Å²) < 4.78 is 2.22. The predicted molar refractivity (Wildman–Crippen MR) is 98.5 cm³/mol. The Morgan fingerprint density at radius 3 is 2.79 bits per heavy atom. The molecule has 0 bridgehead atoms. The number of hydrogen-bond acceptors (Lipinski definition) is 2. The number of likely N-dealkylation sites (tertiary alicyclic amines) is 1. The summed E-state index contributed by atoms with van der Waals surface area (Å²) in [6.07, 6.45) is 5.78. The van der Waals surface area contributed by atoms with Gasteiger partial charge in [0.1, 0.15) is 5.82 Å². The highest BCUT2D eigenvalue weighted by Crippen LogP contribution is 2.29. The first-order chi connectivity index (χ1) is 11.8. The molecule has 1 aromatic carbocycles. The Bertz CT molecular complexity index is 806. The average molecular weight is 319 g/mol. The van der Waals surface area contributed by atoms with Gasteiger partial charge in [-0.15, -0.1) is 0 Å². The molecule has 3 heterocycles. The highest BCUT2D eigenvalue weighted by atomic mass is 15.1. The van der Waals surface area contributed by atoms with Crippen LogP contribution in [-0.4, -0.2) is 33.9 Å². The lowest BCUT2D eigenvalue weighted by Gasteiger charge is -2.32. The molecule has 0 unspecified atom stereocenters. The summed E-state index contributed by atoms with van der Waals surface area (Å²) in [5.74, 6) is 1.66. The first-order valence-electron chi connectivity index (χ1n) is 9.01. The van der Waals surface area contributed by atoms with Gasteiger partial charge in [0.25, 0.3) is 0 Å². The van der Waals surface area contributed by atoms with Gasteiger partial charge in [-0.1, -0.05) is 36.4 Å². The van der Waals surface area contributed by atoms with Gasteiger partial charge in [0.15, 0.2) is 0 Å². The minimum atomic E-state index is 0.556. The zero-order valence-electron chi connectivity index (χ0n) is 14.4. The highest BCUT2D eigenvalue weighted by molar-refractivity contribution is 5.54. The molecule has 4 rings (SSSR count). The molecular formula is C21H25N3. The molecule has 0 saturated carbocycles. The van der Waals surface area contributed by atoms with E-state index in [1.807, 2.05) is 0 Å². The van der Waals surface area contributed by atoms with E-state index in [1.54, 1.807) is 0 Å². The standard InChI is InChI=1S/C21H25N3/c1-17-22-21(20-11-5-6-14-24(17)20)19-10-7-13-23(16-19)15-12-18-8-3-2-4-9-18/h2-6,8-9,11,14,19H,7,10,12-13,15-16H2,1H3/t19-/m1/s1. The van der Waals surface area contributed by atoms with Gasteiger partial charge in [-0.25, -0.2) is 4.98 Å². The van der Waals surface area contributed by atoms with Crippen molar-refractivity contribution in [3.05, 3.63) is 71.8 Å². The quantitative estimate of drug-likeness (QED) is 0.723. The maximum Gasteiger partial charge on any atom is 0.110 e. The lowest BCUT2D eigenvalue weighted by molar-refractivity contribution is 0.209. The van der Waals surface area contributed by atoms with Gasteiger partial charge in [0.2, 0.25) is 0 Å². The van der Waals surface area contributed by atoms with Crippen molar-refractivity contribution in [3.63, 3.8) is 0 Å². The Balaban J connectivity index is 1.48. The largest absolute Gasteiger partial charge is 0.304 e. The van der Waals surface area contributed by atoms with E-state index in [0.29, 0.717) is 5.92 Å². The van der Waals surface area contributed by atoms with Crippen molar-refractivity contribution < 1.29 is 0 Å². The molecule has 0 radical (unpaired) electrons. The molecule has 1 aliphatic rings. The summed E-state index contributed by atoms with van der Waals surface area (Å²) in [4.78, 5) is 7.52. The number of benzene rings is 1. The van der Waals surface area contributed by atoms with Crippen LogP contribution in [0.1, 0.15) is 35.8 Å². The Kier molecular flexibility index (Phi) is 4.35. The zero-order valence-corrected chi connectivity index (χ0v) is 14.4. The average Bonchev–Trinajstić information content (AvgIpc) is 2.98. The van der Waals surface area contributed by atoms with Crippen LogP contribution in [0.2, 0.25) is 0 Å². The molecule has 3 heteroatoms. The number of aromatic nitrogens is 2. The summed E-state index contributed by atoms with van der Waals surface area (Å²) in [7, 11) is 0. The van der Waals surface area contributed by atoms with Crippen LogP contribution in [0.25, 0.3) is 5.52 Å². The lowest BCUT2D eigenvalue weighted by Crippen LogP contribution is -2.36. The fourth-order valence-electron chi connectivity index (χ4n) is 3.93. The van der Waals surface area contributed by atoms with E-state index in [2.05, 4.69) is 71.0 Å². The van der Waals surface area contributed by atoms with Gasteiger partial charge in [-0.3, -0.25) is 0 Å². The second-order valence-corrected chi connectivity index (χ2v) is 6.88. The van der Waals surface area contributed by atoms with Crippen LogP contribution in [0, 0.1) is 6.92 Å². The van der Waals surface area contributed by atoms with Gasteiger partial charge in [0.05, 0.1) is 11.2 Å². The maximum absolute atomic E-state index is 4.90. The van der Waals surface area contributed by atoms with Crippen LogP contribution in [0.5, 0.6) is 0 Å². The molecule has 124 valence electrons. The Morgan fingerprint density at radius 2 is 1.92 bits per heavy atom. The van der Waals surface area contributed by atoms with E-state index in [1.165, 1.54) is 36.2 Å². The number of piperidine rings is 1. The van der Waals surface area contributed by atoms with Crippen LogP contribution >= 0.6 is 0 Å². The topological polar surface area (TPSA) is 20.5 Å². The fourth-order valence-corrected chi connectivity index (χ4v) is 3.93. The molecule has 3 nitrogen and oxygen atoms in total. The number of hydrogen-bond donors (Lipinski definition) is 0. The van der Waals surface area contributed by atoms with Crippen molar-refractivity contribution in [2.24, 2.45) is 0 Å². The Hall–Kier alpha value is -2.13. The van der Waals surface area contributed by atoms with Crippen molar-refractivity contribution in [2.45, 2.75) is 32.1 Å². The third-order valence-electron chi connectivity index (χ3n) is 5.20. The molecule has 0 amide bonds. The molecular weight excluding hydrogens is 294 g/mol. The fraction of sp³-hybridized carbons (Fsp3) is 0.381. The van der Waals surface area contributed by atoms with E-state index in [4.69, 9.17) is 4.98 Å². The minimum absolute atomic E-state index is 0.556. The molecule has 1 aliphatic heterocycles. The Labute approximate surface area is 143 Å². The summed E-state index contributed by atoms with van der Waals surface area (Å²) >= 11 is 0. The monoisotopic (exact) mass is 319 g/mol. The van der Waals surface area contributed by atoms with Gasteiger partial charge in [-0.05, 0) is 50.4 Å². The first-order valence-corrected chi connectivity index (χ1v) is 9.01.